The van der Waals surface area contributed by atoms with E-state index in [-0.39, 0.29) is 11.7 Å². The Morgan fingerprint density at radius 1 is 1.29 bits per heavy atom. The summed E-state index contributed by atoms with van der Waals surface area (Å²) in [6, 6.07) is 12.1. The third-order valence-corrected chi connectivity index (χ3v) is 3.39. The topological polar surface area (TPSA) is 58.9 Å². The lowest BCUT2D eigenvalue weighted by atomic mass is 10.2. The smallest absolute Gasteiger partial charge is 0.338 e. The Hall–Kier alpha value is -1.89. The predicted molar refractivity (Wildman–Crippen MR) is 90.5 cm³/mol. The van der Waals surface area contributed by atoms with Crippen molar-refractivity contribution in [3.63, 3.8) is 0 Å². The molecule has 0 unspecified atom stereocenters. The molecule has 0 fully saturated rings. The van der Waals surface area contributed by atoms with Crippen molar-refractivity contribution < 1.29 is 14.6 Å². The highest BCUT2D eigenvalue weighted by Crippen LogP contribution is 2.19. The summed E-state index contributed by atoms with van der Waals surface area (Å²) in [5.74, 6) is -0.161. The van der Waals surface area contributed by atoms with E-state index in [0.717, 1.165) is 3.57 Å². The average Bonchev–Trinajstić information content (AvgIpc) is 2.49. The minimum Gasteiger partial charge on any atom is -0.507 e. The highest BCUT2D eigenvalue weighted by molar-refractivity contribution is 14.1. The van der Waals surface area contributed by atoms with E-state index in [9.17, 15) is 9.90 Å². The van der Waals surface area contributed by atoms with Crippen LogP contribution in [0.3, 0.4) is 0 Å². The Morgan fingerprint density at radius 2 is 2.00 bits per heavy atom. The molecule has 0 aliphatic rings. The number of carbonyl (C=O) groups excluding carboxylic acids is 1. The predicted octanol–water partition coefficient (Wildman–Crippen LogP) is 3.92. The van der Waals surface area contributed by atoms with Crippen LogP contribution in [0.1, 0.15) is 22.8 Å². The Bertz CT molecular complexity index is 666. The molecule has 5 heteroatoms. The van der Waals surface area contributed by atoms with E-state index < -0.39 is 0 Å². The summed E-state index contributed by atoms with van der Waals surface area (Å²) in [5.41, 5.74) is 1.84. The number of rotatable bonds is 4. The van der Waals surface area contributed by atoms with Gasteiger partial charge in [0.15, 0.2) is 0 Å². The lowest BCUT2D eigenvalue weighted by Gasteiger charge is -2.02. The van der Waals surface area contributed by atoms with E-state index in [4.69, 9.17) is 4.74 Å². The maximum Gasteiger partial charge on any atom is 0.338 e. The van der Waals surface area contributed by atoms with Crippen LogP contribution in [0.15, 0.2) is 47.5 Å². The Balaban J connectivity index is 2.14. The first-order chi connectivity index (χ1) is 10.1. The number of ether oxygens (including phenoxy) is 1. The van der Waals surface area contributed by atoms with E-state index in [1.807, 2.05) is 12.1 Å². The van der Waals surface area contributed by atoms with Gasteiger partial charge < -0.3 is 9.84 Å². The summed E-state index contributed by atoms with van der Waals surface area (Å²) in [5, 5.41) is 9.73. The van der Waals surface area contributed by atoms with E-state index >= 15 is 0 Å². The van der Waals surface area contributed by atoms with Crippen molar-refractivity contribution in [2.45, 2.75) is 6.92 Å². The van der Waals surface area contributed by atoms with Crippen LogP contribution < -0.4 is 0 Å². The Kier molecular flexibility index (Phi) is 5.32. The van der Waals surface area contributed by atoms with Crippen LogP contribution in [0.5, 0.6) is 5.75 Å². The second-order valence-corrected chi connectivity index (χ2v) is 5.47. The highest BCUT2D eigenvalue weighted by atomic mass is 127. The van der Waals surface area contributed by atoms with Crippen molar-refractivity contribution in [2.24, 2.45) is 4.99 Å². The van der Waals surface area contributed by atoms with Gasteiger partial charge in [-0.05, 0) is 72.0 Å². The summed E-state index contributed by atoms with van der Waals surface area (Å²) in [4.78, 5) is 15.8. The van der Waals surface area contributed by atoms with Crippen molar-refractivity contribution in [1.82, 2.24) is 0 Å². The number of nitrogens with zero attached hydrogens (tertiary/aromatic N) is 1. The van der Waals surface area contributed by atoms with Crippen LogP contribution in [0.25, 0.3) is 0 Å². The van der Waals surface area contributed by atoms with E-state index in [1.165, 1.54) is 0 Å². The molecular formula is C16H14INO3. The normalized spacial score (nSPS) is 10.8. The van der Waals surface area contributed by atoms with Gasteiger partial charge in [0.1, 0.15) is 5.75 Å². The first-order valence-corrected chi connectivity index (χ1v) is 7.48. The molecule has 0 aliphatic heterocycles. The van der Waals surface area contributed by atoms with Gasteiger partial charge in [0.25, 0.3) is 0 Å². The first-order valence-electron chi connectivity index (χ1n) is 6.40. The SMILES string of the molecule is CCOC(=O)c1ccc(N=Cc2cc(I)ccc2O)cc1. The monoisotopic (exact) mass is 395 g/mol. The minimum absolute atomic E-state index is 0.183. The minimum atomic E-state index is -0.344. The van der Waals surface area contributed by atoms with Crippen LogP contribution in [0.2, 0.25) is 0 Å². The summed E-state index contributed by atoms with van der Waals surface area (Å²) >= 11 is 2.17. The third kappa shape index (κ3) is 4.29. The first kappa shape index (κ1) is 15.5. The molecule has 0 aromatic heterocycles. The summed E-state index contributed by atoms with van der Waals surface area (Å²) in [7, 11) is 0. The number of benzene rings is 2. The molecule has 21 heavy (non-hydrogen) atoms. The van der Waals surface area contributed by atoms with Gasteiger partial charge in [0.05, 0.1) is 17.9 Å². The number of carbonyl (C=O) groups is 1. The van der Waals surface area contributed by atoms with Gasteiger partial charge in [0, 0.05) is 15.3 Å². The number of aliphatic imine (C=N–C) groups is 1. The number of hydrogen-bond acceptors (Lipinski definition) is 4. The molecule has 0 bridgehead atoms. The zero-order valence-electron chi connectivity index (χ0n) is 11.4. The van der Waals surface area contributed by atoms with Gasteiger partial charge >= 0.3 is 5.97 Å². The van der Waals surface area contributed by atoms with Crippen molar-refractivity contribution in [3.05, 3.63) is 57.2 Å². The Morgan fingerprint density at radius 3 is 2.67 bits per heavy atom. The molecular weight excluding hydrogens is 381 g/mol. The number of esters is 1. The molecule has 0 radical (unpaired) electrons. The largest absolute Gasteiger partial charge is 0.507 e. The maximum atomic E-state index is 11.5. The number of aromatic hydroxyl groups is 1. The number of halogens is 1. The quantitative estimate of drug-likeness (QED) is 0.485. The number of phenols is 1. The third-order valence-electron chi connectivity index (χ3n) is 2.72. The fraction of sp³-hybridized carbons (Fsp3) is 0.125. The molecule has 0 aliphatic carbocycles. The van der Waals surface area contributed by atoms with E-state index in [2.05, 4.69) is 27.6 Å². The molecule has 0 saturated carbocycles. The van der Waals surface area contributed by atoms with Crippen molar-refractivity contribution in [2.75, 3.05) is 6.61 Å². The number of hydrogen-bond donors (Lipinski definition) is 1. The summed E-state index contributed by atoms with van der Waals surface area (Å²) in [6.45, 7) is 2.12. The van der Waals surface area contributed by atoms with Crippen LogP contribution in [-0.4, -0.2) is 23.9 Å². The van der Waals surface area contributed by atoms with E-state index in [0.29, 0.717) is 23.4 Å². The van der Waals surface area contributed by atoms with Crippen molar-refractivity contribution in [3.8, 4) is 5.75 Å². The summed E-state index contributed by atoms with van der Waals surface area (Å²) in [6.07, 6.45) is 1.59. The van der Waals surface area contributed by atoms with Crippen LogP contribution in [0, 0.1) is 3.57 Å². The maximum absolute atomic E-state index is 11.5. The standard InChI is InChI=1S/C16H14INO3/c1-2-21-16(20)11-3-6-14(7-4-11)18-10-12-9-13(17)5-8-15(12)19/h3-10,19H,2H2,1H3. The number of phenolic OH excluding ortho intramolecular Hbond substituents is 1. The summed E-state index contributed by atoms with van der Waals surface area (Å²) < 4.78 is 5.93. The molecule has 1 N–H and O–H groups in total. The molecule has 0 saturated heterocycles. The molecule has 2 aromatic rings. The fourth-order valence-electron chi connectivity index (χ4n) is 1.67. The van der Waals surface area contributed by atoms with Gasteiger partial charge in [-0.3, -0.25) is 4.99 Å². The second kappa shape index (κ2) is 7.21. The molecule has 0 spiro atoms. The van der Waals surface area contributed by atoms with Gasteiger partial charge in [-0.25, -0.2) is 4.79 Å². The van der Waals surface area contributed by atoms with Gasteiger partial charge in [0.2, 0.25) is 0 Å². The molecule has 2 rings (SSSR count). The Labute approximate surface area is 136 Å². The zero-order chi connectivity index (χ0) is 15.2. The van der Waals surface area contributed by atoms with Crippen LogP contribution in [0.4, 0.5) is 5.69 Å². The van der Waals surface area contributed by atoms with Gasteiger partial charge in [-0.2, -0.15) is 0 Å². The second-order valence-electron chi connectivity index (χ2n) is 4.23. The van der Waals surface area contributed by atoms with Crippen LogP contribution >= 0.6 is 22.6 Å². The molecule has 0 amide bonds. The fourth-order valence-corrected chi connectivity index (χ4v) is 2.19. The van der Waals surface area contributed by atoms with Crippen molar-refractivity contribution in [1.29, 1.82) is 0 Å². The molecule has 108 valence electrons. The molecule has 4 nitrogen and oxygen atoms in total. The lowest BCUT2D eigenvalue weighted by Crippen LogP contribution is -2.03. The van der Waals surface area contributed by atoms with Gasteiger partial charge in [-0.15, -0.1) is 0 Å². The average molecular weight is 395 g/mol. The van der Waals surface area contributed by atoms with Crippen molar-refractivity contribution >= 4 is 40.5 Å². The highest BCUT2D eigenvalue weighted by Gasteiger charge is 2.05. The van der Waals surface area contributed by atoms with Gasteiger partial charge in [-0.1, -0.05) is 0 Å². The van der Waals surface area contributed by atoms with Crippen LogP contribution in [-0.2, 0) is 4.74 Å². The lowest BCUT2D eigenvalue weighted by molar-refractivity contribution is 0.0526. The molecule has 0 atom stereocenters. The van der Waals surface area contributed by atoms with E-state index in [1.54, 1.807) is 43.5 Å². The molecule has 2 aromatic carbocycles. The zero-order valence-corrected chi connectivity index (χ0v) is 13.6. The molecule has 0 heterocycles.